The first-order valence-corrected chi connectivity index (χ1v) is 14.4. The van der Waals surface area contributed by atoms with Crippen molar-refractivity contribution in [3.8, 4) is 0 Å². The molecule has 0 radical (unpaired) electrons. The van der Waals surface area contributed by atoms with Crippen molar-refractivity contribution in [2.75, 3.05) is 24.7 Å². The lowest BCUT2D eigenvalue weighted by Crippen LogP contribution is -2.69. The van der Waals surface area contributed by atoms with Crippen LogP contribution in [-0.2, 0) is 14.3 Å². The number of ketones is 1. The number of Topliss-reactive ketones (excluding diaryl/α,β-unsaturated/α-hetero) is 1. The number of carbonyl (C=O) groups excluding carboxylic acids is 3. The molecule has 9 nitrogen and oxygen atoms in total. The number of fused-ring (bicyclic) bond motifs is 1. The zero-order valence-corrected chi connectivity index (χ0v) is 23.8. The molecule has 0 aromatic heterocycles. The van der Waals surface area contributed by atoms with Crippen molar-refractivity contribution >= 4 is 23.5 Å². The Bertz CT molecular complexity index is 1340. The molecule has 41 heavy (non-hydrogen) atoms. The van der Waals surface area contributed by atoms with Crippen molar-refractivity contribution in [1.29, 1.82) is 0 Å². The molecule has 220 valence electrons. The Balaban J connectivity index is 1.41. The highest BCUT2D eigenvalue weighted by Gasteiger charge is 2.78. The smallest absolute Gasteiger partial charge is 0.349 e. The van der Waals surface area contributed by atoms with E-state index in [1.807, 2.05) is 55.3 Å². The normalized spacial score (nSPS) is 40.2. The number of carbonyl (C=O) groups is 3. The summed E-state index contributed by atoms with van der Waals surface area (Å²) < 4.78 is 19.3. The number of anilines is 1. The first-order chi connectivity index (χ1) is 19.4. The second kappa shape index (κ2) is 9.39. The molecule has 2 amide bonds. The van der Waals surface area contributed by atoms with Crippen molar-refractivity contribution in [1.82, 2.24) is 10.0 Å². The average molecular weight is 568 g/mol. The number of hydrogen-bond acceptors (Lipinski definition) is 7. The molecule has 1 aromatic carbocycles. The molecular formula is C31H38FN3O6. The van der Waals surface area contributed by atoms with Crippen LogP contribution in [0.1, 0.15) is 46.5 Å². The van der Waals surface area contributed by atoms with Crippen LogP contribution >= 0.6 is 0 Å². The number of para-hydroxylation sites is 1. The number of aliphatic hydroxyl groups is 2. The highest BCUT2D eigenvalue weighted by Crippen LogP contribution is 2.70. The number of nitrogens with zero attached hydrogens (tertiary/aromatic N) is 3. The number of halogens is 1. The van der Waals surface area contributed by atoms with Crippen LogP contribution < -0.4 is 4.90 Å². The zero-order valence-electron chi connectivity index (χ0n) is 23.8. The number of alkyl halides is 1. The summed E-state index contributed by atoms with van der Waals surface area (Å²) >= 11 is 0. The van der Waals surface area contributed by atoms with E-state index in [9.17, 15) is 29.0 Å². The lowest BCUT2D eigenvalue weighted by molar-refractivity contribution is -0.235. The van der Waals surface area contributed by atoms with E-state index in [0.717, 1.165) is 5.57 Å². The quantitative estimate of drug-likeness (QED) is 0.423. The molecule has 8 atom stereocenters. The monoisotopic (exact) mass is 567 g/mol. The largest absolute Gasteiger partial charge is 0.460 e. The Hall–Kier alpha value is -3.24. The van der Waals surface area contributed by atoms with Gasteiger partial charge in [-0.15, -0.1) is 0 Å². The minimum Gasteiger partial charge on any atom is -0.460 e. The third-order valence-corrected chi connectivity index (χ3v) is 11.4. The van der Waals surface area contributed by atoms with Crippen LogP contribution in [-0.4, -0.2) is 75.6 Å². The van der Waals surface area contributed by atoms with Crippen LogP contribution in [0, 0.1) is 28.6 Å². The predicted octanol–water partition coefficient (Wildman–Crippen LogP) is 3.58. The van der Waals surface area contributed by atoms with Gasteiger partial charge in [-0.2, -0.15) is 0 Å². The lowest BCUT2D eigenvalue weighted by atomic mass is 9.46. The summed E-state index contributed by atoms with van der Waals surface area (Å²) in [5.41, 5.74) is -2.47. The van der Waals surface area contributed by atoms with E-state index in [4.69, 9.17) is 4.74 Å². The highest BCUT2D eigenvalue weighted by molar-refractivity contribution is 5.97. The Morgan fingerprint density at radius 3 is 2.59 bits per heavy atom. The Labute approximate surface area is 239 Å². The molecule has 1 aromatic rings. The summed E-state index contributed by atoms with van der Waals surface area (Å²) in [4.78, 5) is 41.1. The van der Waals surface area contributed by atoms with Gasteiger partial charge in [0.15, 0.2) is 12.5 Å². The van der Waals surface area contributed by atoms with E-state index in [2.05, 4.69) is 6.58 Å². The first-order valence-electron chi connectivity index (χ1n) is 14.4. The van der Waals surface area contributed by atoms with Crippen LogP contribution in [0.3, 0.4) is 0 Å². The fourth-order valence-corrected chi connectivity index (χ4v) is 8.96. The Morgan fingerprint density at radius 2 is 1.90 bits per heavy atom. The third kappa shape index (κ3) is 3.49. The second-order valence-corrected chi connectivity index (χ2v) is 12.7. The molecule has 2 bridgehead atoms. The van der Waals surface area contributed by atoms with Gasteiger partial charge in [-0.3, -0.25) is 9.80 Å². The minimum atomic E-state index is -1.95. The van der Waals surface area contributed by atoms with Crippen LogP contribution in [0.2, 0.25) is 0 Å². The summed E-state index contributed by atoms with van der Waals surface area (Å²) in [6, 6.07) is 9.07. The molecular weight excluding hydrogens is 529 g/mol. The summed E-state index contributed by atoms with van der Waals surface area (Å²) in [5.74, 6) is -1.97. The van der Waals surface area contributed by atoms with Crippen LogP contribution in [0.5, 0.6) is 0 Å². The summed E-state index contributed by atoms with van der Waals surface area (Å²) in [7, 11) is 0. The molecule has 3 saturated carbocycles. The number of hydrazine groups is 1. The molecule has 0 spiro atoms. The van der Waals surface area contributed by atoms with E-state index in [0.29, 0.717) is 37.4 Å². The van der Waals surface area contributed by atoms with Gasteiger partial charge in [-0.1, -0.05) is 51.6 Å². The van der Waals surface area contributed by atoms with E-state index >= 15 is 0 Å². The van der Waals surface area contributed by atoms with Crippen molar-refractivity contribution in [3.05, 3.63) is 54.4 Å². The van der Waals surface area contributed by atoms with Gasteiger partial charge in [0.2, 0.25) is 0 Å². The van der Waals surface area contributed by atoms with Gasteiger partial charge < -0.3 is 14.9 Å². The molecule has 10 heteroatoms. The van der Waals surface area contributed by atoms with E-state index < -0.39 is 47.1 Å². The Morgan fingerprint density at radius 1 is 1.20 bits per heavy atom. The van der Waals surface area contributed by atoms with Crippen LogP contribution in [0.15, 0.2) is 54.4 Å². The van der Waals surface area contributed by atoms with Gasteiger partial charge in [0.25, 0.3) is 0 Å². The van der Waals surface area contributed by atoms with Crippen molar-refractivity contribution in [2.45, 2.75) is 64.3 Å². The number of ether oxygens (including phenoxy) is 1. The molecule has 2 N–H and O–H groups in total. The number of aliphatic hydroxyl groups excluding tert-OH is 1. The number of amides is 2. The predicted molar refractivity (Wildman–Crippen MR) is 148 cm³/mol. The average Bonchev–Trinajstić information content (AvgIpc) is 3.34. The second-order valence-electron chi connectivity index (χ2n) is 12.7. The number of benzene rings is 1. The van der Waals surface area contributed by atoms with Gasteiger partial charge in [-0.25, -0.2) is 23.9 Å². The van der Waals surface area contributed by atoms with E-state index in [1.165, 1.54) is 0 Å². The molecule has 2 heterocycles. The molecule has 3 aliphatic carbocycles. The number of rotatable bonds is 4. The maximum Gasteiger partial charge on any atom is 0.349 e. The van der Waals surface area contributed by atoms with Gasteiger partial charge >= 0.3 is 12.0 Å². The molecule has 5 aliphatic rings. The van der Waals surface area contributed by atoms with Crippen LogP contribution in [0.25, 0.3) is 0 Å². The fourth-order valence-electron chi connectivity index (χ4n) is 8.96. The van der Waals surface area contributed by atoms with Gasteiger partial charge in [0, 0.05) is 10.8 Å². The van der Waals surface area contributed by atoms with Gasteiger partial charge in [-0.05, 0) is 61.1 Å². The molecule has 1 saturated heterocycles. The first kappa shape index (κ1) is 27.9. The minimum absolute atomic E-state index is 0.113. The molecule has 2 aliphatic heterocycles. The maximum absolute atomic E-state index is 13.7. The molecule has 6 rings (SSSR count). The highest BCUT2D eigenvalue weighted by atomic mass is 19.1. The fraction of sp³-hybridized carbons (Fsp3) is 0.581. The number of esters is 1. The number of hydrogen-bond donors (Lipinski definition) is 2. The number of urea groups is 1. The van der Waals surface area contributed by atoms with Crippen molar-refractivity contribution < 1.29 is 33.7 Å². The van der Waals surface area contributed by atoms with Gasteiger partial charge in [0.05, 0.1) is 18.8 Å². The van der Waals surface area contributed by atoms with E-state index in [-0.39, 0.29) is 36.6 Å². The molecule has 4 fully saturated rings. The van der Waals surface area contributed by atoms with Crippen molar-refractivity contribution in [3.63, 3.8) is 0 Å². The summed E-state index contributed by atoms with van der Waals surface area (Å²) in [6.45, 7) is 9.23. The lowest BCUT2D eigenvalue weighted by Gasteiger charge is -2.60. The van der Waals surface area contributed by atoms with Crippen LogP contribution in [0.4, 0.5) is 14.9 Å². The Kier molecular flexibility index (Phi) is 6.39. The third-order valence-electron chi connectivity index (χ3n) is 11.4. The van der Waals surface area contributed by atoms with Crippen molar-refractivity contribution in [2.24, 2.45) is 28.6 Å². The topological polar surface area (TPSA) is 111 Å². The molecule has 0 unspecified atom stereocenters. The van der Waals surface area contributed by atoms with Gasteiger partial charge in [0.1, 0.15) is 23.6 Å². The summed E-state index contributed by atoms with van der Waals surface area (Å²) in [5, 5.41) is 26.9. The maximum atomic E-state index is 13.7. The standard InChI is InChI=1S/C31H38FN3O6/c1-18-10-12-30-15-24(36)27(38)31(30,40)29(18,4)25(41-26(37)16-32)14-23(19(30)2)21-11-13-33-28(39)35(20(3)34(33)17-21)22-8-6-5-7-9-22/h5-9,11,18-19,23-25,36,40H,3,10,12-17H2,1-2,4H3/t18-,19+,23-,24+,25-,29+,30+,31-/m1/s1. The van der Waals surface area contributed by atoms with E-state index in [1.54, 1.807) is 16.8 Å². The summed E-state index contributed by atoms with van der Waals surface area (Å²) in [6.07, 6.45) is 1.28. The zero-order chi connectivity index (χ0) is 29.5. The SMILES string of the molecule is C=C1N(c2ccccc2)C(=O)N2CC=C([C@@H]3C[C@@H](OC(=O)CF)[C@]4(C)[C@H](C)CC[C@]5(C[C@H](O)C(=O)[C@]54O)[C@H]3C)CN12.